The molecule has 0 aromatic heterocycles. The molecule has 0 saturated heterocycles. The zero-order chi connectivity index (χ0) is 7.82. The molecule has 0 bridgehead atoms. The van der Waals surface area contributed by atoms with Crippen molar-refractivity contribution in [2.75, 3.05) is 0 Å². The van der Waals surface area contributed by atoms with Gasteiger partial charge in [-0.05, 0) is 6.92 Å². The van der Waals surface area contributed by atoms with Gasteiger partial charge < -0.3 is 5.11 Å². The molecule has 0 aliphatic heterocycles. The third-order valence-electron chi connectivity index (χ3n) is 0.765. The summed E-state index contributed by atoms with van der Waals surface area (Å²) in [5.41, 5.74) is 0. The van der Waals surface area contributed by atoms with Crippen LogP contribution in [0.2, 0.25) is 0 Å². The molecule has 2 nitrogen and oxygen atoms in total. The molecular weight excluding hydrogens is 151 g/mol. The third-order valence-corrected chi connectivity index (χ3v) is 0.765. The van der Waals surface area contributed by atoms with Crippen molar-refractivity contribution >= 4 is 35.5 Å². The Hall–Kier alpha value is -0.310. The van der Waals surface area contributed by atoms with Crippen molar-refractivity contribution < 1.29 is 9.90 Å². The fourth-order valence-electron chi connectivity index (χ4n) is 0.377. The molecule has 0 radical (unpaired) electrons. The van der Waals surface area contributed by atoms with Gasteiger partial charge in [0.15, 0.2) is 0 Å². The van der Waals surface area contributed by atoms with Gasteiger partial charge in [0.2, 0.25) is 0 Å². The van der Waals surface area contributed by atoms with E-state index in [4.69, 9.17) is 5.11 Å². The van der Waals surface area contributed by atoms with Crippen molar-refractivity contribution in [3.8, 4) is 0 Å². The minimum absolute atomic E-state index is 0. The minimum atomic E-state index is -0.926. The molecule has 0 saturated carbocycles. The summed E-state index contributed by atoms with van der Waals surface area (Å²) in [5, 5.41) is 8.13. The number of carboxylic acids is 1. The summed E-state index contributed by atoms with van der Waals surface area (Å²) in [6.45, 7) is 1.89. The standard InChI is InChI=1S/C8H10O2.Na.H/c1-2-3-4-5-6-7-8(9)10;;/h2-7H,1H3,(H,9,10);;/b3-2+,5-4+,7-6+;;. The number of carbonyl (C=O) groups is 1. The van der Waals surface area contributed by atoms with Gasteiger partial charge in [-0.3, -0.25) is 0 Å². The maximum absolute atomic E-state index is 9.89. The maximum atomic E-state index is 9.89. The number of hydrogen-bond donors (Lipinski definition) is 1. The Bertz CT molecular complexity index is 181. The molecule has 11 heavy (non-hydrogen) atoms. The second kappa shape index (κ2) is 9.69. The van der Waals surface area contributed by atoms with E-state index >= 15 is 0 Å². The number of hydrogen-bond acceptors (Lipinski definition) is 1. The van der Waals surface area contributed by atoms with E-state index in [9.17, 15) is 4.79 Å². The van der Waals surface area contributed by atoms with Crippen molar-refractivity contribution in [1.29, 1.82) is 0 Å². The first-order chi connectivity index (χ1) is 4.77. The van der Waals surface area contributed by atoms with Gasteiger partial charge in [0.25, 0.3) is 0 Å². The fraction of sp³-hybridized carbons (Fsp3) is 0.125. The van der Waals surface area contributed by atoms with E-state index in [1.54, 1.807) is 12.2 Å². The molecular formula is C8H11NaO2. The van der Waals surface area contributed by atoms with Crippen molar-refractivity contribution in [3.63, 3.8) is 0 Å². The zero-order valence-electron chi connectivity index (χ0n) is 5.82. The molecule has 0 rings (SSSR count). The van der Waals surface area contributed by atoms with Gasteiger partial charge in [0.1, 0.15) is 0 Å². The normalized spacial score (nSPS) is 11.0. The second-order valence-electron chi connectivity index (χ2n) is 1.61. The Kier molecular flexibility index (Phi) is 11.7. The van der Waals surface area contributed by atoms with E-state index in [0.717, 1.165) is 6.08 Å². The fourth-order valence-corrected chi connectivity index (χ4v) is 0.377. The summed E-state index contributed by atoms with van der Waals surface area (Å²) >= 11 is 0. The molecule has 0 fully saturated rings. The van der Waals surface area contributed by atoms with E-state index in [1.165, 1.54) is 6.08 Å². The molecule has 0 aliphatic rings. The van der Waals surface area contributed by atoms with Crippen LogP contribution in [0.3, 0.4) is 0 Å². The summed E-state index contributed by atoms with van der Waals surface area (Å²) in [4.78, 5) is 9.89. The van der Waals surface area contributed by atoms with Crippen molar-refractivity contribution in [1.82, 2.24) is 0 Å². The summed E-state index contributed by atoms with van der Waals surface area (Å²) in [7, 11) is 0. The van der Waals surface area contributed by atoms with E-state index < -0.39 is 5.97 Å². The van der Waals surface area contributed by atoms with Crippen LogP contribution in [0, 0.1) is 0 Å². The molecule has 1 N–H and O–H groups in total. The van der Waals surface area contributed by atoms with E-state index in [0.29, 0.717) is 0 Å². The Balaban J connectivity index is 0. The van der Waals surface area contributed by atoms with Crippen LogP contribution in [0.15, 0.2) is 36.5 Å². The number of carboxylic acid groups (broad SMARTS) is 1. The second-order valence-corrected chi connectivity index (χ2v) is 1.61. The van der Waals surface area contributed by atoms with Crippen molar-refractivity contribution in [2.45, 2.75) is 6.92 Å². The van der Waals surface area contributed by atoms with Crippen LogP contribution in [-0.2, 0) is 4.79 Å². The van der Waals surface area contributed by atoms with Gasteiger partial charge in [0, 0.05) is 6.08 Å². The Morgan fingerprint density at radius 3 is 2.18 bits per heavy atom. The molecule has 3 heteroatoms. The van der Waals surface area contributed by atoms with Gasteiger partial charge in [-0.15, -0.1) is 0 Å². The Morgan fingerprint density at radius 2 is 1.73 bits per heavy atom. The predicted molar refractivity (Wildman–Crippen MR) is 47.9 cm³/mol. The zero-order valence-corrected chi connectivity index (χ0v) is 5.82. The summed E-state index contributed by atoms with van der Waals surface area (Å²) in [6.07, 6.45) is 9.67. The quantitative estimate of drug-likeness (QED) is 0.383. The van der Waals surface area contributed by atoms with Crippen LogP contribution in [0.25, 0.3) is 0 Å². The Labute approximate surface area is 88.6 Å². The summed E-state index contributed by atoms with van der Waals surface area (Å²) in [5.74, 6) is -0.926. The van der Waals surface area contributed by atoms with Gasteiger partial charge in [0.05, 0.1) is 0 Å². The van der Waals surface area contributed by atoms with E-state index in [1.807, 2.05) is 19.1 Å². The Morgan fingerprint density at radius 1 is 1.18 bits per heavy atom. The summed E-state index contributed by atoms with van der Waals surface area (Å²) in [6, 6.07) is 0. The van der Waals surface area contributed by atoms with Crippen LogP contribution in [-0.4, -0.2) is 40.6 Å². The van der Waals surface area contributed by atoms with E-state index in [-0.39, 0.29) is 29.6 Å². The van der Waals surface area contributed by atoms with Gasteiger partial charge in [-0.25, -0.2) is 4.79 Å². The van der Waals surface area contributed by atoms with Crippen molar-refractivity contribution in [3.05, 3.63) is 36.5 Å². The molecule has 0 unspecified atom stereocenters. The van der Waals surface area contributed by atoms with Crippen LogP contribution < -0.4 is 0 Å². The predicted octanol–water partition coefficient (Wildman–Crippen LogP) is 1.11. The molecule has 0 spiro atoms. The topological polar surface area (TPSA) is 37.3 Å². The van der Waals surface area contributed by atoms with Crippen molar-refractivity contribution in [2.24, 2.45) is 0 Å². The molecule has 0 aromatic carbocycles. The van der Waals surface area contributed by atoms with Crippen LogP contribution in [0.5, 0.6) is 0 Å². The first-order valence-corrected chi connectivity index (χ1v) is 2.96. The van der Waals surface area contributed by atoms with Gasteiger partial charge in [-0.2, -0.15) is 0 Å². The SMILES string of the molecule is C/C=C/C=C/C=C/C(=O)O.[NaH]. The number of rotatable bonds is 3. The molecule has 0 heterocycles. The average Bonchev–Trinajstić information content (AvgIpc) is 1.87. The first-order valence-electron chi connectivity index (χ1n) is 2.96. The number of allylic oxidation sites excluding steroid dienone is 5. The molecule has 0 aliphatic carbocycles. The number of aliphatic carboxylic acids is 1. The van der Waals surface area contributed by atoms with Crippen LogP contribution in [0.4, 0.5) is 0 Å². The first kappa shape index (κ1) is 13.3. The van der Waals surface area contributed by atoms with Crippen LogP contribution in [0.1, 0.15) is 6.92 Å². The molecule has 0 aromatic rings. The summed E-state index contributed by atoms with van der Waals surface area (Å²) < 4.78 is 0. The molecule has 56 valence electrons. The van der Waals surface area contributed by atoms with Gasteiger partial charge >= 0.3 is 35.5 Å². The molecule has 0 atom stereocenters. The average molecular weight is 162 g/mol. The molecule has 0 amide bonds. The van der Waals surface area contributed by atoms with Crippen LogP contribution >= 0.6 is 0 Å². The van der Waals surface area contributed by atoms with E-state index in [2.05, 4.69) is 0 Å². The third kappa shape index (κ3) is 12.8. The monoisotopic (exact) mass is 162 g/mol. The van der Waals surface area contributed by atoms with Gasteiger partial charge in [-0.1, -0.05) is 30.4 Å².